The van der Waals surface area contributed by atoms with Gasteiger partial charge in [0.05, 0.1) is 13.7 Å². The maximum absolute atomic E-state index is 7.48. The Morgan fingerprint density at radius 3 is 1.55 bits per heavy atom. The zero-order valence-corrected chi connectivity index (χ0v) is 38.1. The number of methoxy groups -OCH3 is 1. The molecule has 0 saturated carbocycles. The molecule has 53 heavy (non-hydrogen) atoms. The lowest BCUT2D eigenvalue weighted by Crippen LogP contribution is -2.54. The van der Waals surface area contributed by atoms with Crippen LogP contribution in [0.5, 0.6) is 5.75 Å². The van der Waals surface area contributed by atoms with Crippen molar-refractivity contribution in [2.45, 2.75) is 246 Å². The summed E-state index contributed by atoms with van der Waals surface area (Å²) in [7, 11) is -0.272. The van der Waals surface area contributed by atoms with Gasteiger partial charge in [0.25, 0.3) is 0 Å². The molecule has 2 atom stereocenters. The van der Waals surface area contributed by atoms with E-state index >= 15 is 0 Å². The molecular weight excluding hydrogens is 665 g/mol. The minimum Gasteiger partial charge on any atom is -0.497 e. The summed E-state index contributed by atoms with van der Waals surface area (Å²) in [5, 5.41) is 0.311. The second-order valence-electron chi connectivity index (χ2n) is 17.0. The first-order valence-electron chi connectivity index (χ1n) is 23.0. The smallest absolute Gasteiger partial charge is 0.193 e. The monoisotopic (exact) mass is 755 g/mol. The van der Waals surface area contributed by atoms with Gasteiger partial charge in [0.2, 0.25) is 0 Å². The van der Waals surface area contributed by atoms with E-state index in [1.165, 1.54) is 160 Å². The highest BCUT2D eigenvalue weighted by Crippen LogP contribution is 2.61. The van der Waals surface area contributed by atoms with Gasteiger partial charge in [-0.2, -0.15) is 0 Å². The van der Waals surface area contributed by atoms with Gasteiger partial charge >= 0.3 is 0 Å². The highest BCUT2D eigenvalue weighted by atomic mass is 28.4. The van der Waals surface area contributed by atoms with Crippen LogP contribution in [0, 0.1) is 17.3 Å². The Bertz CT molecular complexity index is 1030. The van der Waals surface area contributed by atoms with Crippen molar-refractivity contribution in [1.82, 2.24) is 0 Å². The molecule has 0 saturated heterocycles. The van der Waals surface area contributed by atoms with Gasteiger partial charge in [-0.3, -0.25) is 0 Å². The van der Waals surface area contributed by atoms with Crippen LogP contribution in [-0.2, 0) is 15.8 Å². The Hall–Kier alpha value is -1.28. The molecule has 0 aromatic heterocycles. The Morgan fingerprint density at radius 1 is 0.604 bits per heavy atom. The van der Waals surface area contributed by atoms with Crippen LogP contribution in [-0.4, -0.2) is 28.1 Å². The zero-order valence-electron chi connectivity index (χ0n) is 37.1. The largest absolute Gasteiger partial charge is 0.497 e. The molecule has 1 aromatic rings. The molecule has 1 aromatic carbocycles. The minimum atomic E-state index is -1.97. The Kier molecular flexibility index (Phi) is 29.0. The van der Waals surface area contributed by atoms with E-state index in [0.29, 0.717) is 23.2 Å². The summed E-state index contributed by atoms with van der Waals surface area (Å²) in [4.78, 5) is 0. The molecule has 0 amide bonds. The number of benzene rings is 1. The molecule has 0 aliphatic carbocycles. The molecule has 0 N–H and O–H groups in total. The summed E-state index contributed by atoms with van der Waals surface area (Å²) in [6.07, 6.45) is 35.4. The van der Waals surface area contributed by atoms with Crippen LogP contribution in [0.2, 0.25) is 18.1 Å². The first kappa shape index (κ1) is 49.7. The molecule has 0 spiro atoms. The van der Waals surface area contributed by atoms with Crippen LogP contribution in [0.1, 0.15) is 220 Å². The first-order chi connectivity index (χ1) is 25.7. The number of hydrogen-bond acceptors (Lipinski definition) is 3. The van der Waals surface area contributed by atoms with Crippen molar-refractivity contribution in [3.8, 4) is 17.6 Å². The van der Waals surface area contributed by atoms with Crippen molar-refractivity contribution in [3.05, 3.63) is 29.8 Å². The molecule has 0 fully saturated rings. The van der Waals surface area contributed by atoms with E-state index in [9.17, 15) is 0 Å². The molecule has 0 bridgehead atoms. The molecule has 0 aliphatic rings. The van der Waals surface area contributed by atoms with Crippen molar-refractivity contribution in [1.29, 1.82) is 0 Å². The third-order valence-corrected chi connectivity index (χ3v) is 17.5. The molecule has 0 heterocycles. The number of ether oxygens (including phenoxy) is 2. The highest BCUT2D eigenvalue weighted by Gasteiger charge is 2.55. The van der Waals surface area contributed by atoms with Crippen LogP contribution >= 0.6 is 0 Å². The van der Waals surface area contributed by atoms with Gasteiger partial charge < -0.3 is 13.9 Å². The van der Waals surface area contributed by atoms with Gasteiger partial charge in [-0.05, 0) is 79.8 Å². The van der Waals surface area contributed by atoms with Crippen molar-refractivity contribution < 1.29 is 13.9 Å². The third kappa shape index (κ3) is 19.9. The predicted octanol–water partition coefficient (Wildman–Crippen LogP) is 16.2. The van der Waals surface area contributed by atoms with E-state index in [-0.39, 0.29) is 0 Å². The first-order valence-corrected chi connectivity index (χ1v) is 25.9. The summed E-state index contributed by atoms with van der Waals surface area (Å²) in [6, 6.07) is 8.13. The SMILES string of the molecule is CCCCCCCCCC(CCCCCCCCCC#CCCCCCCOCc1ccc(OC)cc1)O[Si](C)(C)C(C)(CCC)C(CC)(CC)CC. The Labute approximate surface area is 333 Å². The average molecular weight is 755 g/mol. The summed E-state index contributed by atoms with van der Waals surface area (Å²) in [6.45, 7) is 21.4. The molecule has 0 aliphatic heterocycles. The standard InChI is InChI=1S/C49H90O3Si/c1-10-15-16-17-27-30-33-36-47(52-53(8,9)48(6,42-11-2)49(12-3,13-4)14-5)37-34-31-28-25-23-21-19-18-20-22-24-26-29-32-35-43-51-44-45-38-40-46(50-7)41-39-45/h38-41,47H,10-19,21,23-37,42-44H2,1-9H3. The van der Waals surface area contributed by atoms with Gasteiger partial charge in [-0.1, -0.05) is 176 Å². The Balaban J connectivity index is 2.32. The number of hydrogen-bond donors (Lipinski definition) is 0. The van der Waals surface area contributed by atoms with Crippen molar-refractivity contribution in [2.75, 3.05) is 13.7 Å². The van der Waals surface area contributed by atoms with E-state index in [1.807, 2.05) is 12.1 Å². The molecule has 1 rings (SSSR count). The van der Waals surface area contributed by atoms with Gasteiger partial charge in [-0.15, -0.1) is 11.8 Å². The number of unbranched alkanes of at least 4 members (excludes halogenated alkanes) is 17. The van der Waals surface area contributed by atoms with Crippen molar-refractivity contribution in [2.24, 2.45) is 5.41 Å². The van der Waals surface area contributed by atoms with Crippen LogP contribution in [0.25, 0.3) is 0 Å². The van der Waals surface area contributed by atoms with Gasteiger partial charge in [0, 0.05) is 25.6 Å². The topological polar surface area (TPSA) is 27.7 Å². The van der Waals surface area contributed by atoms with E-state index in [1.54, 1.807) is 7.11 Å². The third-order valence-electron chi connectivity index (χ3n) is 13.1. The quantitative estimate of drug-likeness (QED) is 0.0392. The number of rotatable bonds is 35. The molecule has 2 unspecified atom stereocenters. The lowest BCUT2D eigenvalue weighted by atomic mass is 9.67. The molecule has 4 heteroatoms. The van der Waals surface area contributed by atoms with E-state index in [4.69, 9.17) is 13.9 Å². The maximum atomic E-state index is 7.48. The highest BCUT2D eigenvalue weighted by molar-refractivity contribution is 6.74. The fraction of sp³-hybridized carbons (Fsp3) is 0.837. The minimum absolute atomic E-state index is 0.311. The van der Waals surface area contributed by atoms with Crippen LogP contribution in [0.4, 0.5) is 0 Å². The molecule has 308 valence electrons. The fourth-order valence-electron chi connectivity index (χ4n) is 9.09. The van der Waals surface area contributed by atoms with Gasteiger partial charge in [0.1, 0.15) is 5.75 Å². The lowest BCUT2D eigenvalue weighted by Gasteiger charge is -2.56. The van der Waals surface area contributed by atoms with Gasteiger partial charge in [0.15, 0.2) is 8.32 Å². The van der Waals surface area contributed by atoms with Crippen molar-refractivity contribution in [3.63, 3.8) is 0 Å². The van der Waals surface area contributed by atoms with Gasteiger partial charge in [-0.25, -0.2) is 0 Å². The molecule has 3 nitrogen and oxygen atoms in total. The second kappa shape index (κ2) is 30.9. The van der Waals surface area contributed by atoms with E-state index in [2.05, 4.69) is 78.6 Å². The fourth-order valence-corrected chi connectivity index (χ4v) is 13.1. The summed E-state index contributed by atoms with van der Waals surface area (Å²) in [5.41, 5.74) is 1.59. The normalized spacial score (nSPS) is 13.8. The van der Waals surface area contributed by atoms with Crippen LogP contribution < -0.4 is 4.74 Å². The predicted molar refractivity (Wildman–Crippen MR) is 237 cm³/mol. The lowest BCUT2D eigenvalue weighted by molar-refractivity contribution is 0.0924. The van der Waals surface area contributed by atoms with E-state index in [0.717, 1.165) is 31.6 Å². The summed E-state index contributed by atoms with van der Waals surface area (Å²) < 4.78 is 18.5. The summed E-state index contributed by atoms with van der Waals surface area (Å²) in [5.74, 6) is 7.76. The average Bonchev–Trinajstić information content (AvgIpc) is 3.16. The van der Waals surface area contributed by atoms with E-state index < -0.39 is 8.32 Å². The molecular formula is C49H90O3Si. The Morgan fingerprint density at radius 2 is 1.08 bits per heavy atom. The maximum Gasteiger partial charge on any atom is 0.193 e. The van der Waals surface area contributed by atoms with Crippen LogP contribution in [0.15, 0.2) is 24.3 Å². The summed E-state index contributed by atoms with van der Waals surface area (Å²) >= 11 is 0. The second-order valence-corrected chi connectivity index (χ2v) is 21.4. The molecule has 0 radical (unpaired) electrons. The van der Waals surface area contributed by atoms with Crippen molar-refractivity contribution >= 4 is 8.32 Å². The zero-order chi connectivity index (χ0) is 39.1. The van der Waals surface area contributed by atoms with Crippen LogP contribution in [0.3, 0.4) is 0 Å².